The van der Waals surface area contributed by atoms with Crippen LogP contribution in [-0.4, -0.2) is 52.0 Å². The number of nitrogens with zero attached hydrogens (tertiary/aromatic N) is 2. The summed E-state index contributed by atoms with van der Waals surface area (Å²) >= 11 is -0.746. The smallest absolute Gasteiger partial charge is 0.226 e. The number of benzene rings is 1. The summed E-state index contributed by atoms with van der Waals surface area (Å²) < 4.78 is 17.0. The van der Waals surface area contributed by atoms with E-state index >= 15 is 0 Å². The normalized spacial score (nSPS) is 23.0. The van der Waals surface area contributed by atoms with Gasteiger partial charge in [0, 0.05) is 31.8 Å². The van der Waals surface area contributed by atoms with Crippen LogP contribution in [0.25, 0.3) is 0 Å². The van der Waals surface area contributed by atoms with E-state index in [9.17, 15) is 9.35 Å². The van der Waals surface area contributed by atoms with Crippen LogP contribution in [0, 0.1) is 5.92 Å². The predicted molar refractivity (Wildman–Crippen MR) is 119 cm³/mol. The Hall–Kier alpha value is -2.25. The highest BCUT2D eigenvalue weighted by molar-refractivity contribution is 7.91. The molecule has 2 heterocycles. The van der Waals surface area contributed by atoms with Crippen LogP contribution >= 0.6 is 0 Å². The van der Waals surface area contributed by atoms with Crippen molar-refractivity contribution >= 4 is 22.8 Å². The fourth-order valence-electron chi connectivity index (χ4n) is 4.42. The first-order chi connectivity index (χ1) is 14.5. The Morgan fingerprint density at radius 1 is 1.27 bits per heavy atom. The lowest BCUT2D eigenvalue weighted by atomic mass is 10.0. The van der Waals surface area contributed by atoms with Crippen molar-refractivity contribution in [3.8, 4) is 5.75 Å². The lowest BCUT2D eigenvalue weighted by Crippen LogP contribution is -2.37. The van der Waals surface area contributed by atoms with E-state index in [2.05, 4.69) is 16.4 Å². The van der Waals surface area contributed by atoms with Crippen molar-refractivity contribution in [2.75, 3.05) is 31.0 Å². The maximum atomic E-state index is 12.6. The molecule has 30 heavy (non-hydrogen) atoms. The van der Waals surface area contributed by atoms with Crippen molar-refractivity contribution in [1.82, 2.24) is 9.88 Å². The molecule has 1 saturated heterocycles. The van der Waals surface area contributed by atoms with Gasteiger partial charge in [0.15, 0.2) is 0 Å². The molecule has 7 heteroatoms. The molecule has 1 aliphatic heterocycles. The number of hydrogen-bond acceptors (Lipinski definition) is 5. The van der Waals surface area contributed by atoms with Gasteiger partial charge in [-0.05, 0) is 42.2 Å². The molecule has 2 aliphatic rings. The summed E-state index contributed by atoms with van der Waals surface area (Å²) in [5.74, 6) is 2.37. The van der Waals surface area contributed by atoms with Crippen LogP contribution in [0.4, 0.5) is 5.69 Å². The van der Waals surface area contributed by atoms with E-state index in [0.29, 0.717) is 24.1 Å². The number of rotatable bonds is 6. The number of anilines is 1. The summed E-state index contributed by atoms with van der Waals surface area (Å²) in [5.41, 5.74) is 4.48. The largest absolute Gasteiger partial charge is 0.616 e. The van der Waals surface area contributed by atoms with E-state index in [4.69, 9.17) is 4.74 Å². The highest BCUT2D eigenvalue weighted by Gasteiger charge is 2.29. The summed E-state index contributed by atoms with van der Waals surface area (Å²) in [5, 5.41) is 3.57. The Kier molecular flexibility index (Phi) is 6.49. The molecule has 0 bridgehead atoms. The molecule has 1 N–H and O–H groups in total. The third-order valence-corrected chi connectivity index (χ3v) is 7.46. The SMILES string of the molecule is COc1cccc2c1CC(Nc1ccc(CN(C)C(=O)C3CC[S+]([O-])CC3)nc1)C2. The molecule has 1 atom stereocenters. The molecule has 2 aromatic rings. The van der Waals surface area contributed by atoms with Gasteiger partial charge in [-0.3, -0.25) is 9.78 Å². The number of methoxy groups -OCH3 is 1. The Morgan fingerprint density at radius 3 is 2.77 bits per heavy atom. The van der Waals surface area contributed by atoms with Crippen molar-refractivity contribution in [3.63, 3.8) is 0 Å². The van der Waals surface area contributed by atoms with Crippen LogP contribution in [0.15, 0.2) is 36.5 Å². The number of ether oxygens (including phenoxy) is 1. The molecule has 4 rings (SSSR count). The van der Waals surface area contributed by atoms with Gasteiger partial charge in [-0.15, -0.1) is 0 Å². The number of nitrogens with one attached hydrogen (secondary N) is 1. The van der Waals surface area contributed by atoms with Gasteiger partial charge in [0.05, 0.1) is 31.2 Å². The van der Waals surface area contributed by atoms with Gasteiger partial charge < -0.3 is 19.5 Å². The van der Waals surface area contributed by atoms with Crippen LogP contribution in [0.5, 0.6) is 5.75 Å². The summed E-state index contributed by atoms with van der Waals surface area (Å²) in [7, 11) is 3.54. The van der Waals surface area contributed by atoms with E-state index in [1.54, 1.807) is 12.0 Å². The standard InChI is InChI=1S/C23H29N3O3S/c1-26(23(27)16-8-10-30(28)11-9-16)15-19-7-6-18(14-24-19)25-20-12-17-4-3-5-22(29-2)21(17)13-20/h3-7,14,16,20,25H,8-13,15H2,1-2H3. The number of carbonyl (C=O) groups is 1. The minimum absolute atomic E-state index is 0.00497. The van der Waals surface area contributed by atoms with E-state index in [-0.39, 0.29) is 11.8 Å². The highest BCUT2D eigenvalue weighted by atomic mass is 32.2. The number of pyridine rings is 1. The van der Waals surface area contributed by atoms with Crippen LogP contribution in [0.3, 0.4) is 0 Å². The average molecular weight is 428 g/mol. The number of aromatic nitrogens is 1. The molecule has 0 spiro atoms. The third-order valence-electron chi connectivity index (χ3n) is 6.07. The lowest BCUT2D eigenvalue weighted by molar-refractivity contribution is -0.135. The topological polar surface area (TPSA) is 77.5 Å². The lowest BCUT2D eigenvalue weighted by Gasteiger charge is -2.27. The van der Waals surface area contributed by atoms with Crippen molar-refractivity contribution in [2.45, 2.75) is 38.3 Å². The zero-order chi connectivity index (χ0) is 21.1. The van der Waals surface area contributed by atoms with Crippen molar-refractivity contribution in [1.29, 1.82) is 0 Å². The van der Waals surface area contributed by atoms with Gasteiger partial charge in [-0.1, -0.05) is 23.3 Å². The van der Waals surface area contributed by atoms with Crippen LogP contribution in [-0.2, 0) is 35.4 Å². The second-order valence-corrected chi connectivity index (χ2v) is 9.90. The number of hydrogen-bond donors (Lipinski definition) is 1. The first-order valence-electron chi connectivity index (χ1n) is 10.5. The van der Waals surface area contributed by atoms with Gasteiger partial charge in [0.1, 0.15) is 17.3 Å². The Labute approximate surface area is 181 Å². The zero-order valence-electron chi connectivity index (χ0n) is 17.6. The summed E-state index contributed by atoms with van der Waals surface area (Å²) in [6, 6.07) is 10.6. The van der Waals surface area contributed by atoms with E-state index in [1.165, 1.54) is 11.1 Å². The number of carbonyl (C=O) groups excluding carboxylic acids is 1. The minimum Gasteiger partial charge on any atom is -0.616 e. The molecule has 1 aromatic heterocycles. The first-order valence-corrected chi connectivity index (χ1v) is 12.0. The van der Waals surface area contributed by atoms with Crippen LogP contribution in [0.1, 0.15) is 29.7 Å². The van der Waals surface area contributed by atoms with Crippen LogP contribution in [0.2, 0.25) is 0 Å². The second-order valence-electron chi connectivity index (χ2n) is 8.20. The summed E-state index contributed by atoms with van der Waals surface area (Å²) in [6.45, 7) is 0.491. The van der Waals surface area contributed by atoms with Gasteiger partial charge in [0.2, 0.25) is 5.91 Å². The zero-order valence-corrected chi connectivity index (χ0v) is 18.4. The fourth-order valence-corrected chi connectivity index (χ4v) is 5.72. The number of amides is 1. The summed E-state index contributed by atoms with van der Waals surface area (Å²) in [6.07, 6.45) is 5.20. The molecule has 1 aliphatic carbocycles. The third kappa shape index (κ3) is 4.73. The molecule has 1 amide bonds. The maximum Gasteiger partial charge on any atom is 0.226 e. The Morgan fingerprint density at radius 2 is 2.07 bits per heavy atom. The van der Waals surface area contributed by atoms with E-state index < -0.39 is 11.2 Å². The van der Waals surface area contributed by atoms with Crippen molar-refractivity contribution < 1.29 is 14.1 Å². The van der Waals surface area contributed by atoms with Crippen molar-refractivity contribution in [2.24, 2.45) is 5.92 Å². The predicted octanol–water partition coefficient (Wildman–Crippen LogP) is 2.79. The van der Waals surface area contributed by atoms with Crippen molar-refractivity contribution in [3.05, 3.63) is 53.3 Å². The fraction of sp³-hybridized carbons (Fsp3) is 0.478. The molecular formula is C23H29N3O3S. The highest BCUT2D eigenvalue weighted by Crippen LogP contribution is 2.31. The molecular weight excluding hydrogens is 398 g/mol. The molecule has 0 radical (unpaired) electrons. The Bertz CT molecular complexity index is 882. The molecule has 1 unspecified atom stereocenters. The minimum atomic E-state index is -0.746. The number of fused-ring (bicyclic) bond motifs is 1. The average Bonchev–Trinajstić information content (AvgIpc) is 3.17. The van der Waals surface area contributed by atoms with Gasteiger partial charge >= 0.3 is 0 Å². The monoisotopic (exact) mass is 427 g/mol. The van der Waals surface area contributed by atoms with Gasteiger partial charge in [0.25, 0.3) is 0 Å². The maximum absolute atomic E-state index is 12.6. The summed E-state index contributed by atoms with van der Waals surface area (Å²) in [4.78, 5) is 18.9. The molecule has 0 saturated carbocycles. The molecule has 1 aromatic carbocycles. The van der Waals surface area contributed by atoms with E-state index in [0.717, 1.165) is 42.8 Å². The van der Waals surface area contributed by atoms with Gasteiger partial charge in [-0.25, -0.2) is 0 Å². The first kappa shape index (κ1) is 21.0. The quantitative estimate of drug-likeness (QED) is 0.718. The molecule has 6 nitrogen and oxygen atoms in total. The van der Waals surface area contributed by atoms with Crippen LogP contribution < -0.4 is 10.1 Å². The Balaban J connectivity index is 1.31. The molecule has 160 valence electrons. The van der Waals surface area contributed by atoms with Gasteiger partial charge in [-0.2, -0.15) is 0 Å². The van der Waals surface area contributed by atoms with E-state index in [1.807, 2.05) is 37.5 Å². The molecule has 1 fully saturated rings. The second kappa shape index (κ2) is 9.27.